The molecule has 22 heavy (non-hydrogen) atoms. The first kappa shape index (κ1) is 15.9. The number of carbonyl (C=O) groups excluding carboxylic acids is 1. The molecule has 0 unspecified atom stereocenters. The Kier molecular flexibility index (Phi) is 4.43. The lowest BCUT2D eigenvalue weighted by Crippen LogP contribution is -2.18. The predicted octanol–water partition coefficient (Wildman–Crippen LogP) is 2.92. The number of aryl methyl sites for hydroxylation is 2. The monoisotopic (exact) mass is 319 g/mol. The van der Waals surface area contributed by atoms with E-state index in [1.807, 2.05) is 0 Å². The molecule has 118 valence electrons. The van der Waals surface area contributed by atoms with E-state index in [1.165, 1.54) is 4.68 Å². The Morgan fingerprint density at radius 1 is 1.09 bits per heavy atom. The molecule has 0 spiro atoms. The average molecular weight is 319 g/mol. The van der Waals surface area contributed by atoms with E-state index in [4.69, 9.17) is 0 Å². The van der Waals surface area contributed by atoms with Crippen molar-refractivity contribution in [2.24, 2.45) is 0 Å². The van der Waals surface area contributed by atoms with Crippen molar-refractivity contribution in [1.82, 2.24) is 9.78 Å². The van der Waals surface area contributed by atoms with E-state index in [0.717, 1.165) is 5.56 Å². The smallest absolute Gasteiger partial charge is 0.226 e. The number of nitrogens with one attached hydrogen (secondary N) is 1. The van der Waals surface area contributed by atoms with Crippen molar-refractivity contribution in [1.29, 1.82) is 0 Å². The molecule has 0 atom stereocenters. The van der Waals surface area contributed by atoms with Crippen LogP contribution in [0.1, 0.15) is 12.0 Å². The number of carbonyl (C=O) groups is 1. The van der Waals surface area contributed by atoms with Crippen LogP contribution in [-0.4, -0.2) is 15.7 Å². The first-order valence-electron chi connectivity index (χ1n) is 6.11. The van der Waals surface area contributed by atoms with Crippen LogP contribution < -0.4 is 5.32 Å². The fraction of sp³-hybridized carbons (Fsp3) is 0.231. The van der Waals surface area contributed by atoms with Crippen LogP contribution in [0.5, 0.6) is 0 Å². The van der Waals surface area contributed by atoms with Crippen molar-refractivity contribution in [2.75, 3.05) is 5.32 Å². The highest BCUT2D eigenvalue weighted by Gasteiger charge is 2.26. The number of aromatic nitrogens is 2. The number of nitrogens with zero attached hydrogens (tertiary/aromatic N) is 2. The summed E-state index contributed by atoms with van der Waals surface area (Å²) in [7, 11) is 0. The Bertz CT molecular complexity index is 700. The highest BCUT2D eigenvalue weighted by atomic mass is 19.2. The third-order valence-corrected chi connectivity index (χ3v) is 2.80. The van der Waals surface area contributed by atoms with Gasteiger partial charge >= 0.3 is 0 Å². The van der Waals surface area contributed by atoms with E-state index >= 15 is 0 Å². The van der Waals surface area contributed by atoms with Gasteiger partial charge in [-0.2, -0.15) is 5.10 Å². The number of benzene rings is 1. The third kappa shape index (κ3) is 3.07. The maximum atomic E-state index is 13.4. The minimum Gasteiger partial charge on any atom is -0.321 e. The van der Waals surface area contributed by atoms with Gasteiger partial charge < -0.3 is 5.32 Å². The van der Waals surface area contributed by atoms with E-state index in [2.05, 4.69) is 5.10 Å². The molecule has 0 fully saturated rings. The van der Waals surface area contributed by atoms with Crippen molar-refractivity contribution < 1.29 is 26.7 Å². The van der Waals surface area contributed by atoms with Crippen molar-refractivity contribution in [3.8, 4) is 0 Å². The van der Waals surface area contributed by atoms with E-state index in [-0.39, 0.29) is 13.0 Å². The molecule has 9 heteroatoms. The Labute approximate surface area is 121 Å². The predicted molar refractivity (Wildman–Crippen MR) is 66.4 cm³/mol. The largest absolute Gasteiger partial charge is 0.321 e. The van der Waals surface area contributed by atoms with Gasteiger partial charge in [0.25, 0.3) is 0 Å². The standard InChI is InChI=1S/C13H10F5N3O/c1-6-4-19-21(5-6)3-2-7(22)20-13-11(17)9(15)8(14)10(16)12(13)18/h4-5H,2-3H2,1H3,(H,20,22). The molecule has 0 saturated heterocycles. The maximum Gasteiger partial charge on any atom is 0.226 e. The molecule has 4 nitrogen and oxygen atoms in total. The lowest BCUT2D eigenvalue weighted by molar-refractivity contribution is -0.116. The van der Waals surface area contributed by atoms with Crippen LogP contribution in [0.2, 0.25) is 0 Å². The van der Waals surface area contributed by atoms with Gasteiger partial charge in [0.05, 0.1) is 6.20 Å². The Hall–Kier alpha value is -2.45. The molecule has 1 aromatic heterocycles. The zero-order valence-electron chi connectivity index (χ0n) is 11.3. The van der Waals surface area contributed by atoms with Crippen LogP contribution in [0.4, 0.5) is 27.6 Å². The quantitative estimate of drug-likeness (QED) is 0.535. The van der Waals surface area contributed by atoms with Crippen LogP contribution in [-0.2, 0) is 11.3 Å². The molecule has 1 N–H and O–H groups in total. The van der Waals surface area contributed by atoms with Gasteiger partial charge in [0.15, 0.2) is 23.3 Å². The minimum atomic E-state index is -2.28. The second-order valence-corrected chi connectivity index (χ2v) is 4.52. The Morgan fingerprint density at radius 2 is 1.64 bits per heavy atom. The highest BCUT2D eigenvalue weighted by molar-refractivity contribution is 5.90. The van der Waals surface area contributed by atoms with Crippen molar-refractivity contribution >= 4 is 11.6 Å². The molecule has 0 saturated carbocycles. The van der Waals surface area contributed by atoms with Crippen LogP contribution in [0, 0.1) is 36.0 Å². The van der Waals surface area contributed by atoms with Gasteiger partial charge in [-0.05, 0) is 12.5 Å². The molecule has 0 bridgehead atoms. The SMILES string of the molecule is Cc1cnn(CCC(=O)Nc2c(F)c(F)c(F)c(F)c2F)c1. The molecule has 2 rings (SSSR count). The van der Waals surface area contributed by atoms with Crippen LogP contribution in [0.15, 0.2) is 12.4 Å². The molecule has 0 aliphatic rings. The number of hydrogen-bond acceptors (Lipinski definition) is 2. The lowest BCUT2D eigenvalue weighted by atomic mass is 10.2. The Balaban J connectivity index is 2.12. The van der Waals surface area contributed by atoms with Crippen LogP contribution >= 0.6 is 0 Å². The summed E-state index contributed by atoms with van der Waals surface area (Å²) >= 11 is 0. The topological polar surface area (TPSA) is 46.9 Å². The number of halogens is 5. The number of hydrogen-bond donors (Lipinski definition) is 1. The van der Waals surface area contributed by atoms with Crippen LogP contribution in [0.3, 0.4) is 0 Å². The summed E-state index contributed by atoms with van der Waals surface area (Å²) in [5.41, 5.74) is -0.516. The average Bonchev–Trinajstić information content (AvgIpc) is 2.91. The summed E-state index contributed by atoms with van der Waals surface area (Å²) in [5, 5.41) is 5.58. The third-order valence-electron chi connectivity index (χ3n) is 2.80. The zero-order chi connectivity index (χ0) is 16.4. The van der Waals surface area contributed by atoms with Crippen molar-refractivity contribution in [3.63, 3.8) is 0 Å². The van der Waals surface area contributed by atoms with Gasteiger partial charge in [-0.25, -0.2) is 22.0 Å². The number of amides is 1. The summed E-state index contributed by atoms with van der Waals surface area (Å²) in [6.07, 6.45) is 2.92. The van der Waals surface area contributed by atoms with Gasteiger partial charge in [-0.15, -0.1) is 0 Å². The molecule has 0 aliphatic carbocycles. The highest BCUT2D eigenvalue weighted by Crippen LogP contribution is 2.27. The van der Waals surface area contributed by atoms with Gasteiger partial charge in [0.1, 0.15) is 5.69 Å². The summed E-state index contributed by atoms with van der Waals surface area (Å²) in [6.45, 7) is 1.87. The number of rotatable bonds is 4. The van der Waals surface area contributed by atoms with Crippen molar-refractivity contribution in [3.05, 3.63) is 47.0 Å². The second kappa shape index (κ2) is 6.12. The fourth-order valence-corrected chi connectivity index (χ4v) is 1.72. The summed E-state index contributed by atoms with van der Waals surface area (Å²) in [5.74, 6) is -11.6. The minimum absolute atomic E-state index is 0.0923. The Morgan fingerprint density at radius 3 is 2.14 bits per heavy atom. The van der Waals surface area contributed by atoms with E-state index < -0.39 is 40.7 Å². The first-order chi connectivity index (χ1) is 10.3. The normalized spacial score (nSPS) is 10.8. The first-order valence-corrected chi connectivity index (χ1v) is 6.11. The molecule has 2 aromatic rings. The summed E-state index contributed by atoms with van der Waals surface area (Å²) in [4.78, 5) is 11.6. The molecule has 0 radical (unpaired) electrons. The molecule has 1 heterocycles. The molecular formula is C13H10F5N3O. The van der Waals surface area contributed by atoms with Gasteiger partial charge in [0, 0.05) is 19.2 Å². The lowest BCUT2D eigenvalue weighted by Gasteiger charge is -2.09. The molecule has 1 amide bonds. The molecule has 0 aliphatic heterocycles. The molecule has 1 aromatic carbocycles. The maximum absolute atomic E-state index is 13.4. The zero-order valence-corrected chi connectivity index (χ0v) is 11.3. The molecular weight excluding hydrogens is 309 g/mol. The number of anilines is 1. The van der Waals surface area contributed by atoms with Gasteiger partial charge in [-0.3, -0.25) is 9.48 Å². The second-order valence-electron chi connectivity index (χ2n) is 4.52. The van der Waals surface area contributed by atoms with Gasteiger partial charge in [-0.1, -0.05) is 0 Å². The fourth-order valence-electron chi connectivity index (χ4n) is 1.72. The summed E-state index contributed by atoms with van der Waals surface area (Å²) in [6, 6.07) is 0. The van der Waals surface area contributed by atoms with Crippen LogP contribution in [0.25, 0.3) is 0 Å². The van der Waals surface area contributed by atoms with Crippen molar-refractivity contribution in [2.45, 2.75) is 19.9 Å². The van der Waals surface area contributed by atoms with Gasteiger partial charge in [0.2, 0.25) is 11.7 Å². The van der Waals surface area contributed by atoms with E-state index in [1.54, 1.807) is 24.6 Å². The van der Waals surface area contributed by atoms with E-state index in [9.17, 15) is 26.7 Å². The van der Waals surface area contributed by atoms with E-state index in [0.29, 0.717) is 0 Å². The summed E-state index contributed by atoms with van der Waals surface area (Å²) < 4.78 is 67.0.